The second kappa shape index (κ2) is 7.91. The van der Waals surface area contributed by atoms with Crippen LogP contribution in [0, 0.1) is 13.8 Å². The Kier molecular flexibility index (Phi) is 5.16. The summed E-state index contributed by atoms with van der Waals surface area (Å²) in [6, 6.07) is 17.8. The predicted octanol–water partition coefficient (Wildman–Crippen LogP) is 2.79. The van der Waals surface area contributed by atoms with Crippen LogP contribution in [0.2, 0.25) is 0 Å². The Morgan fingerprint density at radius 1 is 1.10 bits per heavy atom. The zero-order valence-electron chi connectivity index (χ0n) is 16.7. The van der Waals surface area contributed by atoms with Crippen molar-refractivity contribution in [2.75, 3.05) is 19.6 Å². The van der Waals surface area contributed by atoms with Crippen LogP contribution in [0.1, 0.15) is 27.3 Å². The molecular weight excluding hydrogens is 364 g/mol. The van der Waals surface area contributed by atoms with Crippen LogP contribution in [0.4, 0.5) is 0 Å². The molecule has 0 radical (unpaired) electrons. The summed E-state index contributed by atoms with van der Waals surface area (Å²) in [5, 5.41) is 7.47. The molecule has 6 nitrogen and oxygen atoms in total. The third-order valence-corrected chi connectivity index (χ3v) is 5.28. The molecule has 0 unspecified atom stereocenters. The van der Waals surface area contributed by atoms with E-state index in [1.54, 1.807) is 11.0 Å². The number of benzene rings is 2. The first-order valence-electron chi connectivity index (χ1n) is 9.77. The van der Waals surface area contributed by atoms with E-state index in [2.05, 4.69) is 24.4 Å². The second-order valence-corrected chi connectivity index (χ2v) is 7.35. The van der Waals surface area contributed by atoms with E-state index in [9.17, 15) is 9.59 Å². The summed E-state index contributed by atoms with van der Waals surface area (Å²) in [6.45, 7) is 5.89. The highest BCUT2D eigenvalue weighted by molar-refractivity contribution is 5.98. The van der Waals surface area contributed by atoms with Crippen molar-refractivity contribution in [3.63, 3.8) is 0 Å². The van der Waals surface area contributed by atoms with Crippen molar-refractivity contribution < 1.29 is 9.59 Å². The van der Waals surface area contributed by atoms with Crippen molar-refractivity contribution in [2.24, 2.45) is 0 Å². The number of carbonyl (C=O) groups is 2. The summed E-state index contributed by atoms with van der Waals surface area (Å²) in [4.78, 5) is 26.1. The fraction of sp³-hybridized carbons (Fsp3) is 0.261. The number of hydrogen-bond acceptors (Lipinski definition) is 3. The number of rotatable bonds is 4. The van der Waals surface area contributed by atoms with Crippen LogP contribution >= 0.6 is 0 Å². The quantitative estimate of drug-likeness (QED) is 0.747. The Morgan fingerprint density at radius 3 is 2.66 bits per heavy atom. The van der Waals surface area contributed by atoms with E-state index in [1.165, 1.54) is 5.56 Å². The van der Waals surface area contributed by atoms with Gasteiger partial charge in [-0.1, -0.05) is 42.5 Å². The number of aryl methyl sites for hydroxylation is 1. The average molecular weight is 388 g/mol. The molecule has 1 fully saturated rings. The zero-order chi connectivity index (χ0) is 20.4. The highest BCUT2D eigenvalue weighted by Crippen LogP contribution is 2.28. The van der Waals surface area contributed by atoms with E-state index in [-0.39, 0.29) is 18.4 Å². The maximum Gasteiger partial charge on any atom is 0.254 e. The Bertz CT molecular complexity index is 1060. The fourth-order valence-electron chi connectivity index (χ4n) is 3.83. The van der Waals surface area contributed by atoms with E-state index in [1.807, 2.05) is 48.0 Å². The molecule has 6 heteroatoms. The van der Waals surface area contributed by atoms with Gasteiger partial charge < -0.3 is 10.2 Å². The number of nitrogens with zero attached hydrogens (tertiary/aromatic N) is 3. The van der Waals surface area contributed by atoms with Gasteiger partial charge in [-0.3, -0.25) is 14.3 Å². The maximum atomic E-state index is 12.9. The van der Waals surface area contributed by atoms with Crippen molar-refractivity contribution in [3.05, 3.63) is 77.1 Å². The van der Waals surface area contributed by atoms with Gasteiger partial charge in [-0.2, -0.15) is 5.10 Å². The molecule has 1 saturated heterocycles. The number of hydrogen-bond donors (Lipinski definition) is 1. The molecular formula is C23H24N4O2. The molecule has 0 aliphatic carbocycles. The lowest BCUT2D eigenvalue weighted by Crippen LogP contribution is -2.49. The van der Waals surface area contributed by atoms with Crippen LogP contribution in [0.5, 0.6) is 0 Å². The molecule has 3 aromatic rings. The zero-order valence-corrected chi connectivity index (χ0v) is 16.7. The van der Waals surface area contributed by atoms with Crippen molar-refractivity contribution in [2.45, 2.75) is 20.4 Å². The lowest BCUT2D eigenvalue weighted by molar-refractivity contribution is -0.123. The monoisotopic (exact) mass is 388 g/mol. The van der Waals surface area contributed by atoms with Crippen LogP contribution in [-0.4, -0.2) is 46.1 Å². The SMILES string of the molecule is Cc1nn(Cc2ccccc2)c(C)c1-c1cccc(C(=O)N2CCNC(=O)C2)c1. The highest BCUT2D eigenvalue weighted by atomic mass is 16.2. The van der Waals surface area contributed by atoms with Crippen molar-refractivity contribution in [3.8, 4) is 11.1 Å². The first-order chi connectivity index (χ1) is 14.0. The van der Waals surface area contributed by atoms with Crippen LogP contribution in [0.3, 0.4) is 0 Å². The minimum absolute atomic E-state index is 0.107. The Balaban J connectivity index is 1.63. The van der Waals surface area contributed by atoms with E-state index in [4.69, 9.17) is 5.10 Å². The molecule has 1 N–H and O–H groups in total. The largest absolute Gasteiger partial charge is 0.353 e. The third kappa shape index (κ3) is 3.92. The number of amides is 2. The summed E-state index contributed by atoms with van der Waals surface area (Å²) < 4.78 is 2.00. The molecule has 4 rings (SSSR count). The second-order valence-electron chi connectivity index (χ2n) is 7.35. The summed E-state index contributed by atoms with van der Waals surface area (Å²) in [6.07, 6.45) is 0. The van der Waals surface area contributed by atoms with E-state index < -0.39 is 0 Å². The summed E-state index contributed by atoms with van der Waals surface area (Å²) >= 11 is 0. The smallest absolute Gasteiger partial charge is 0.254 e. The standard InChI is InChI=1S/C23H24N4O2/c1-16-22(17(2)27(25-16)14-18-7-4-3-5-8-18)19-9-6-10-20(13-19)23(29)26-12-11-24-21(28)15-26/h3-10,13H,11-12,14-15H2,1-2H3,(H,24,28). The summed E-state index contributed by atoms with van der Waals surface area (Å²) in [5.74, 6) is -0.233. The molecule has 2 amide bonds. The minimum atomic E-state index is -0.117. The van der Waals surface area contributed by atoms with Crippen molar-refractivity contribution in [1.82, 2.24) is 20.0 Å². The summed E-state index contributed by atoms with van der Waals surface area (Å²) in [7, 11) is 0. The van der Waals surface area contributed by atoms with Gasteiger partial charge in [-0.05, 0) is 37.1 Å². The van der Waals surface area contributed by atoms with Crippen molar-refractivity contribution in [1.29, 1.82) is 0 Å². The van der Waals surface area contributed by atoms with Gasteiger partial charge in [0.1, 0.15) is 0 Å². The molecule has 0 saturated carbocycles. The lowest BCUT2D eigenvalue weighted by atomic mass is 10.0. The first kappa shape index (κ1) is 18.9. The molecule has 0 bridgehead atoms. The Hall–Kier alpha value is -3.41. The van der Waals surface area contributed by atoms with Gasteiger partial charge in [0.25, 0.3) is 5.91 Å². The molecule has 2 heterocycles. The molecule has 1 aliphatic rings. The van der Waals surface area contributed by atoms with Gasteiger partial charge in [-0.25, -0.2) is 0 Å². The Morgan fingerprint density at radius 2 is 1.90 bits per heavy atom. The number of aromatic nitrogens is 2. The van der Waals surface area contributed by atoms with Gasteiger partial charge >= 0.3 is 0 Å². The normalized spacial score (nSPS) is 14.0. The van der Waals surface area contributed by atoms with Crippen LogP contribution in [-0.2, 0) is 11.3 Å². The van der Waals surface area contributed by atoms with Gasteiger partial charge in [0.2, 0.25) is 5.91 Å². The van der Waals surface area contributed by atoms with Crippen LogP contribution < -0.4 is 5.32 Å². The summed E-state index contributed by atoms with van der Waals surface area (Å²) in [5.41, 5.74) is 5.79. The number of piperazine rings is 1. The molecule has 1 aromatic heterocycles. The van der Waals surface area contributed by atoms with Crippen LogP contribution in [0.15, 0.2) is 54.6 Å². The number of carbonyl (C=O) groups excluding carboxylic acids is 2. The van der Waals surface area contributed by atoms with Gasteiger partial charge in [-0.15, -0.1) is 0 Å². The first-order valence-corrected chi connectivity index (χ1v) is 9.77. The lowest BCUT2D eigenvalue weighted by Gasteiger charge is -2.26. The van der Waals surface area contributed by atoms with Crippen LogP contribution in [0.25, 0.3) is 11.1 Å². The average Bonchev–Trinajstić information content (AvgIpc) is 3.01. The van der Waals surface area contributed by atoms with E-state index in [0.717, 1.165) is 22.5 Å². The molecule has 29 heavy (non-hydrogen) atoms. The van der Waals surface area contributed by atoms with Crippen molar-refractivity contribution >= 4 is 11.8 Å². The molecule has 0 spiro atoms. The van der Waals surface area contributed by atoms with Gasteiger partial charge in [0.05, 0.1) is 18.8 Å². The minimum Gasteiger partial charge on any atom is -0.353 e. The third-order valence-electron chi connectivity index (χ3n) is 5.28. The number of nitrogens with one attached hydrogen (secondary N) is 1. The highest BCUT2D eigenvalue weighted by Gasteiger charge is 2.23. The van der Waals surface area contributed by atoms with Gasteiger partial charge in [0, 0.05) is 29.9 Å². The Labute approximate surface area is 170 Å². The fourth-order valence-corrected chi connectivity index (χ4v) is 3.83. The predicted molar refractivity (Wildman–Crippen MR) is 112 cm³/mol. The maximum absolute atomic E-state index is 12.9. The topological polar surface area (TPSA) is 67.2 Å². The molecule has 148 valence electrons. The van der Waals surface area contributed by atoms with E-state index >= 15 is 0 Å². The van der Waals surface area contributed by atoms with Gasteiger partial charge in [0.15, 0.2) is 0 Å². The molecule has 1 aliphatic heterocycles. The van der Waals surface area contributed by atoms with E-state index in [0.29, 0.717) is 25.2 Å². The molecule has 0 atom stereocenters. The molecule has 2 aromatic carbocycles.